The maximum atomic E-state index is 12.5. The van der Waals surface area contributed by atoms with Crippen LogP contribution in [0.4, 0.5) is 5.95 Å². The molecule has 1 fully saturated rings. The Labute approximate surface area is 172 Å². The van der Waals surface area contributed by atoms with E-state index < -0.39 is 0 Å². The summed E-state index contributed by atoms with van der Waals surface area (Å²) in [6.07, 6.45) is 0.434. The molecule has 7 heteroatoms. The van der Waals surface area contributed by atoms with E-state index in [4.69, 9.17) is 0 Å². The van der Waals surface area contributed by atoms with Crippen LogP contribution in [0.25, 0.3) is 0 Å². The molecule has 1 aromatic carbocycles. The summed E-state index contributed by atoms with van der Waals surface area (Å²) < 4.78 is 0. The molecule has 1 aliphatic rings. The van der Waals surface area contributed by atoms with Crippen LogP contribution in [-0.4, -0.2) is 52.9 Å². The van der Waals surface area contributed by atoms with E-state index in [1.807, 2.05) is 62.1 Å². The van der Waals surface area contributed by atoms with Crippen molar-refractivity contribution < 1.29 is 9.59 Å². The molecule has 154 valence electrons. The van der Waals surface area contributed by atoms with Gasteiger partial charge in [-0.25, -0.2) is 9.97 Å². The number of nitrogens with one attached hydrogen (secondary N) is 1. The molecule has 0 aliphatic carbocycles. The molecule has 2 heterocycles. The van der Waals surface area contributed by atoms with Crippen molar-refractivity contribution in [2.24, 2.45) is 0 Å². The van der Waals surface area contributed by atoms with Gasteiger partial charge in [0.25, 0.3) is 0 Å². The molecule has 2 aromatic rings. The predicted molar refractivity (Wildman–Crippen MR) is 113 cm³/mol. The zero-order valence-electron chi connectivity index (χ0n) is 17.4. The van der Waals surface area contributed by atoms with E-state index in [1.54, 1.807) is 0 Å². The van der Waals surface area contributed by atoms with Gasteiger partial charge >= 0.3 is 0 Å². The number of aryl methyl sites for hydroxylation is 2. The summed E-state index contributed by atoms with van der Waals surface area (Å²) in [5, 5.41) is 2.96. The summed E-state index contributed by atoms with van der Waals surface area (Å²) in [5.41, 5.74) is 2.94. The van der Waals surface area contributed by atoms with Crippen LogP contribution >= 0.6 is 0 Å². The second-order valence-corrected chi connectivity index (χ2v) is 7.52. The molecule has 1 aromatic heterocycles. The van der Waals surface area contributed by atoms with Crippen molar-refractivity contribution >= 4 is 17.8 Å². The van der Waals surface area contributed by atoms with E-state index in [9.17, 15) is 9.59 Å². The highest BCUT2D eigenvalue weighted by Crippen LogP contribution is 2.14. The van der Waals surface area contributed by atoms with Gasteiger partial charge in [-0.1, -0.05) is 30.3 Å². The molecule has 2 amide bonds. The zero-order valence-corrected chi connectivity index (χ0v) is 17.4. The molecule has 0 spiro atoms. The SMILES string of the molecule is Cc1cc(C)nc(N2CCN(C(=O)CCC(=O)NC(C)c3ccccc3)CC2)n1. The van der Waals surface area contributed by atoms with Crippen LogP contribution in [0.3, 0.4) is 0 Å². The van der Waals surface area contributed by atoms with Crippen LogP contribution in [0.15, 0.2) is 36.4 Å². The Hall–Kier alpha value is -2.96. The molecule has 1 N–H and O–H groups in total. The van der Waals surface area contributed by atoms with E-state index in [2.05, 4.69) is 20.2 Å². The highest BCUT2D eigenvalue weighted by atomic mass is 16.2. The van der Waals surface area contributed by atoms with Crippen molar-refractivity contribution in [3.8, 4) is 0 Å². The summed E-state index contributed by atoms with van der Waals surface area (Å²) in [6, 6.07) is 11.7. The zero-order chi connectivity index (χ0) is 20.8. The number of hydrogen-bond donors (Lipinski definition) is 1. The van der Waals surface area contributed by atoms with Gasteiger partial charge in [0.15, 0.2) is 0 Å². The van der Waals surface area contributed by atoms with E-state index >= 15 is 0 Å². The number of carbonyl (C=O) groups is 2. The van der Waals surface area contributed by atoms with E-state index in [0.717, 1.165) is 22.9 Å². The molecule has 29 heavy (non-hydrogen) atoms. The molecule has 0 saturated carbocycles. The van der Waals surface area contributed by atoms with E-state index in [-0.39, 0.29) is 30.7 Å². The molecular formula is C22H29N5O2. The fourth-order valence-electron chi connectivity index (χ4n) is 3.52. The average Bonchev–Trinajstić information content (AvgIpc) is 2.72. The van der Waals surface area contributed by atoms with Gasteiger partial charge in [-0.05, 0) is 32.4 Å². The van der Waals surface area contributed by atoms with Gasteiger partial charge < -0.3 is 15.1 Å². The van der Waals surface area contributed by atoms with Crippen LogP contribution in [0.2, 0.25) is 0 Å². The second-order valence-electron chi connectivity index (χ2n) is 7.52. The van der Waals surface area contributed by atoms with Gasteiger partial charge in [-0.2, -0.15) is 0 Å². The largest absolute Gasteiger partial charge is 0.350 e. The van der Waals surface area contributed by atoms with Crippen molar-refractivity contribution in [3.63, 3.8) is 0 Å². The average molecular weight is 396 g/mol. The number of rotatable bonds is 6. The van der Waals surface area contributed by atoms with E-state index in [0.29, 0.717) is 26.2 Å². The molecule has 0 bridgehead atoms. The van der Waals surface area contributed by atoms with Crippen molar-refractivity contribution in [1.29, 1.82) is 0 Å². The first kappa shape index (κ1) is 20.8. The predicted octanol–water partition coefficient (Wildman–Crippen LogP) is 2.40. The summed E-state index contributed by atoms with van der Waals surface area (Å²) in [7, 11) is 0. The normalized spacial score (nSPS) is 15.1. The van der Waals surface area contributed by atoms with Crippen molar-refractivity contribution in [3.05, 3.63) is 53.3 Å². The Morgan fingerprint density at radius 3 is 2.24 bits per heavy atom. The third-order valence-electron chi connectivity index (χ3n) is 5.13. The lowest BCUT2D eigenvalue weighted by Crippen LogP contribution is -2.49. The lowest BCUT2D eigenvalue weighted by atomic mass is 10.1. The third-order valence-corrected chi connectivity index (χ3v) is 5.13. The minimum atomic E-state index is -0.100. The van der Waals surface area contributed by atoms with Crippen molar-refractivity contribution in [2.45, 2.75) is 39.7 Å². The molecule has 1 saturated heterocycles. The molecule has 1 unspecified atom stereocenters. The minimum Gasteiger partial charge on any atom is -0.350 e. The summed E-state index contributed by atoms with van der Waals surface area (Å²) in [5.74, 6) is 0.648. The molecule has 0 radical (unpaired) electrons. The third kappa shape index (κ3) is 5.76. The number of piperazine rings is 1. The first-order valence-electron chi connectivity index (χ1n) is 10.1. The minimum absolute atomic E-state index is 0.0218. The highest BCUT2D eigenvalue weighted by Gasteiger charge is 2.23. The van der Waals surface area contributed by atoms with Crippen molar-refractivity contribution in [1.82, 2.24) is 20.2 Å². The fraction of sp³-hybridized carbons (Fsp3) is 0.455. The molecule has 3 rings (SSSR count). The number of carbonyl (C=O) groups excluding carboxylic acids is 2. The smallest absolute Gasteiger partial charge is 0.225 e. The number of anilines is 1. The van der Waals surface area contributed by atoms with Crippen LogP contribution < -0.4 is 10.2 Å². The Morgan fingerprint density at radius 1 is 1.00 bits per heavy atom. The Balaban J connectivity index is 1.43. The van der Waals surface area contributed by atoms with Gasteiger partial charge in [0, 0.05) is 50.4 Å². The quantitative estimate of drug-likeness (QED) is 0.813. The number of hydrogen-bond acceptors (Lipinski definition) is 5. The van der Waals surface area contributed by atoms with Gasteiger partial charge in [0.05, 0.1) is 6.04 Å². The van der Waals surface area contributed by atoms with Crippen molar-refractivity contribution in [2.75, 3.05) is 31.1 Å². The maximum Gasteiger partial charge on any atom is 0.225 e. The monoisotopic (exact) mass is 395 g/mol. The maximum absolute atomic E-state index is 12.5. The summed E-state index contributed by atoms with van der Waals surface area (Å²) in [6.45, 7) is 8.51. The second kappa shape index (κ2) is 9.49. The summed E-state index contributed by atoms with van der Waals surface area (Å²) >= 11 is 0. The number of nitrogens with zero attached hydrogens (tertiary/aromatic N) is 4. The van der Waals surface area contributed by atoms with Gasteiger partial charge in [-0.15, -0.1) is 0 Å². The first-order valence-corrected chi connectivity index (χ1v) is 10.1. The van der Waals surface area contributed by atoms with Crippen LogP contribution in [-0.2, 0) is 9.59 Å². The van der Waals surface area contributed by atoms with E-state index in [1.165, 1.54) is 0 Å². The lowest BCUT2D eigenvalue weighted by Gasteiger charge is -2.35. The molecule has 1 aliphatic heterocycles. The van der Waals surface area contributed by atoms with Gasteiger partial charge in [0.1, 0.15) is 0 Å². The fourth-order valence-corrected chi connectivity index (χ4v) is 3.52. The number of benzene rings is 1. The lowest BCUT2D eigenvalue weighted by molar-refractivity contribution is -0.134. The molecule has 7 nitrogen and oxygen atoms in total. The van der Waals surface area contributed by atoms with Gasteiger partial charge in [-0.3, -0.25) is 9.59 Å². The van der Waals surface area contributed by atoms with Crippen LogP contribution in [0.5, 0.6) is 0 Å². The van der Waals surface area contributed by atoms with Crippen LogP contribution in [0.1, 0.15) is 42.8 Å². The first-order chi connectivity index (χ1) is 13.9. The number of aromatic nitrogens is 2. The molecule has 1 atom stereocenters. The van der Waals surface area contributed by atoms with Gasteiger partial charge in [0.2, 0.25) is 17.8 Å². The standard InChI is InChI=1S/C22H29N5O2/c1-16-15-17(2)24-22(23-16)27-13-11-26(12-14-27)21(29)10-9-20(28)25-18(3)19-7-5-4-6-8-19/h4-8,15,18H,9-14H2,1-3H3,(H,25,28). The number of amides is 2. The Kier molecular flexibility index (Phi) is 6.80. The Morgan fingerprint density at radius 2 is 1.62 bits per heavy atom. The molecular weight excluding hydrogens is 366 g/mol. The van der Waals surface area contributed by atoms with Crippen LogP contribution in [0, 0.1) is 13.8 Å². The summed E-state index contributed by atoms with van der Waals surface area (Å²) in [4.78, 5) is 37.6. The Bertz CT molecular complexity index is 827. The topological polar surface area (TPSA) is 78.4 Å². The highest BCUT2D eigenvalue weighted by molar-refractivity contribution is 5.84.